The Morgan fingerprint density at radius 2 is 1.80 bits per heavy atom. The Hall–Kier alpha value is -2.82. The van der Waals surface area contributed by atoms with E-state index in [2.05, 4.69) is 34.7 Å². The van der Waals surface area contributed by atoms with E-state index >= 15 is 0 Å². The van der Waals surface area contributed by atoms with Gasteiger partial charge in [-0.1, -0.05) is 30.3 Å². The molecule has 1 heterocycles. The number of likely N-dealkylation sites (N-methyl/N-ethyl adjacent to an activating group) is 1. The summed E-state index contributed by atoms with van der Waals surface area (Å²) in [7, 11) is 1.94. The monoisotopic (exact) mass is 336 g/mol. The van der Waals surface area contributed by atoms with Gasteiger partial charge in [0.05, 0.1) is 6.20 Å². The molecule has 0 radical (unpaired) electrons. The van der Waals surface area contributed by atoms with E-state index in [0.717, 1.165) is 16.9 Å². The molecule has 130 valence electrons. The van der Waals surface area contributed by atoms with Gasteiger partial charge in [0.1, 0.15) is 11.9 Å². The molecule has 1 unspecified atom stereocenters. The molecule has 3 aromatic rings. The van der Waals surface area contributed by atoms with Crippen LogP contribution in [0.5, 0.6) is 0 Å². The van der Waals surface area contributed by atoms with Crippen molar-refractivity contribution in [3.8, 4) is 0 Å². The molecule has 0 aliphatic rings. The lowest BCUT2D eigenvalue weighted by Crippen LogP contribution is -2.40. The molecule has 5 nitrogen and oxygen atoms in total. The number of amides is 1. The summed E-state index contributed by atoms with van der Waals surface area (Å²) in [5.74, 6) is 0.664. The zero-order chi connectivity index (χ0) is 18.0. The van der Waals surface area contributed by atoms with Crippen LogP contribution in [0, 0.1) is 0 Å². The Morgan fingerprint density at radius 1 is 1.08 bits per heavy atom. The van der Waals surface area contributed by atoms with Crippen molar-refractivity contribution in [1.29, 1.82) is 0 Å². The third-order valence-corrected chi connectivity index (χ3v) is 4.51. The fourth-order valence-electron chi connectivity index (χ4n) is 2.85. The van der Waals surface area contributed by atoms with E-state index < -0.39 is 0 Å². The Bertz CT molecular complexity index is 884. The van der Waals surface area contributed by atoms with Crippen LogP contribution in [-0.4, -0.2) is 28.8 Å². The minimum atomic E-state index is -0.309. The number of hydrogen-bond acceptors (Lipinski definition) is 3. The van der Waals surface area contributed by atoms with E-state index in [9.17, 15) is 4.79 Å². The molecule has 0 saturated carbocycles. The molecular weight excluding hydrogens is 312 g/mol. The van der Waals surface area contributed by atoms with Crippen LogP contribution in [0.25, 0.3) is 10.8 Å². The highest BCUT2D eigenvalue weighted by atomic mass is 16.2. The van der Waals surface area contributed by atoms with Crippen LogP contribution in [0.4, 0.5) is 11.5 Å². The quantitative estimate of drug-likeness (QED) is 0.764. The normalized spacial score (nSPS) is 12.4. The second-order valence-electron chi connectivity index (χ2n) is 6.56. The van der Waals surface area contributed by atoms with Gasteiger partial charge in [-0.25, -0.2) is 4.68 Å². The van der Waals surface area contributed by atoms with Gasteiger partial charge in [-0.05, 0) is 43.7 Å². The van der Waals surface area contributed by atoms with E-state index in [-0.39, 0.29) is 18.0 Å². The predicted octanol–water partition coefficient (Wildman–Crippen LogP) is 4.08. The second-order valence-corrected chi connectivity index (χ2v) is 6.56. The molecule has 1 N–H and O–H groups in total. The number of aromatic nitrogens is 2. The van der Waals surface area contributed by atoms with Crippen molar-refractivity contribution in [2.45, 2.75) is 32.9 Å². The van der Waals surface area contributed by atoms with Crippen LogP contribution >= 0.6 is 0 Å². The van der Waals surface area contributed by atoms with Gasteiger partial charge in [0.15, 0.2) is 0 Å². The molecular formula is C20H24N4O. The average molecular weight is 336 g/mol. The summed E-state index contributed by atoms with van der Waals surface area (Å²) in [4.78, 5) is 14.7. The number of anilines is 2. The highest BCUT2D eigenvalue weighted by molar-refractivity contribution is 5.96. The largest absolute Gasteiger partial charge is 0.363 e. The van der Waals surface area contributed by atoms with Gasteiger partial charge in [-0.15, -0.1) is 0 Å². The van der Waals surface area contributed by atoms with E-state index in [4.69, 9.17) is 0 Å². The van der Waals surface area contributed by atoms with E-state index in [0.29, 0.717) is 0 Å². The second kappa shape index (κ2) is 6.97. The Morgan fingerprint density at radius 3 is 2.52 bits per heavy atom. The highest BCUT2D eigenvalue weighted by Crippen LogP contribution is 2.23. The van der Waals surface area contributed by atoms with Crippen molar-refractivity contribution in [1.82, 2.24) is 9.78 Å². The molecule has 0 aliphatic heterocycles. The summed E-state index contributed by atoms with van der Waals surface area (Å²) >= 11 is 0. The first-order chi connectivity index (χ1) is 12.0. The van der Waals surface area contributed by atoms with Crippen molar-refractivity contribution in [3.05, 3.63) is 54.7 Å². The lowest BCUT2D eigenvalue weighted by atomic mass is 10.1. The Kier molecular flexibility index (Phi) is 4.74. The molecule has 2 aromatic carbocycles. The minimum absolute atomic E-state index is 0.0574. The van der Waals surface area contributed by atoms with Crippen LogP contribution in [0.15, 0.2) is 54.7 Å². The number of carbonyl (C=O) groups excluding carboxylic acids is 1. The van der Waals surface area contributed by atoms with Crippen molar-refractivity contribution in [3.63, 3.8) is 0 Å². The molecule has 0 saturated heterocycles. The van der Waals surface area contributed by atoms with E-state index in [1.807, 2.05) is 57.0 Å². The van der Waals surface area contributed by atoms with Gasteiger partial charge in [0.2, 0.25) is 5.91 Å². The Balaban J connectivity index is 1.77. The van der Waals surface area contributed by atoms with Crippen molar-refractivity contribution in [2.24, 2.45) is 0 Å². The maximum atomic E-state index is 12.7. The van der Waals surface area contributed by atoms with Crippen molar-refractivity contribution < 1.29 is 4.79 Å². The third kappa shape index (κ3) is 3.50. The summed E-state index contributed by atoms with van der Waals surface area (Å²) in [5, 5.41) is 9.59. The lowest BCUT2D eigenvalue weighted by Gasteiger charge is -2.26. The summed E-state index contributed by atoms with van der Waals surface area (Å²) in [6, 6.07) is 16.2. The molecule has 3 rings (SSSR count). The first-order valence-corrected chi connectivity index (χ1v) is 8.53. The molecule has 0 fully saturated rings. The minimum Gasteiger partial charge on any atom is -0.363 e. The lowest BCUT2D eigenvalue weighted by molar-refractivity contribution is -0.117. The average Bonchev–Trinajstić information content (AvgIpc) is 3.08. The molecule has 1 atom stereocenters. The first kappa shape index (κ1) is 17.0. The smallest absolute Gasteiger partial charge is 0.247 e. The zero-order valence-electron chi connectivity index (χ0n) is 15.1. The van der Waals surface area contributed by atoms with Gasteiger partial charge >= 0.3 is 0 Å². The molecule has 1 amide bonds. The standard InChI is InChI=1S/C20H24N4O/c1-14(2)24-19(11-12-21-24)22-20(25)15(3)23(4)18-10-9-16-7-5-6-8-17(16)13-18/h5-15H,1-4H3,(H,22,25). The summed E-state index contributed by atoms with van der Waals surface area (Å²) in [6.07, 6.45) is 1.70. The molecule has 25 heavy (non-hydrogen) atoms. The van der Waals surface area contributed by atoms with Crippen molar-refractivity contribution >= 4 is 28.2 Å². The molecule has 5 heteroatoms. The fourth-order valence-corrected chi connectivity index (χ4v) is 2.85. The highest BCUT2D eigenvalue weighted by Gasteiger charge is 2.20. The first-order valence-electron chi connectivity index (χ1n) is 8.53. The topological polar surface area (TPSA) is 50.2 Å². The predicted molar refractivity (Wildman–Crippen MR) is 103 cm³/mol. The number of nitrogens with zero attached hydrogens (tertiary/aromatic N) is 3. The van der Waals surface area contributed by atoms with Crippen LogP contribution < -0.4 is 10.2 Å². The SMILES string of the molecule is CC(C(=O)Nc1ccnn1C(C)C)N(C)c1ccc2ccccc2c1. The van der Waals surface area contributed by atoms with Gasteiger partial charge < -0.3 is 10.2 Å². The van der Waals surface area contributed by atoms with E-state index in [1.54, 1.807) is 10.9 Å². The maximum absolute atomic E-state index is 12.7. The van der Waals surface area contributed by atoms with Gasteiger partial charge in [0, 0.05) is 24.8 Å². The zero-order valence-corrected chi connectivity index (χ0v) is 15.1. The fraction of sp³-hybridized carbons (Fsp3) is 0.300. The number of benzene rings is 2. The summed E-state index contributed by atoms with van der Waals surface area (Å²) < 4.78 is 1.81. The third-order valence-electron chi connectivity index (χ3n) is 4.51. The summed E-state index contributed by atoms with van der Waals surface area (Å²) in [5.41, 5.74) is 1.01. The van der Waals surface area contributed by atoms with Gasteiger partial charge in [-0.3, -0.25) is 4.79 Å². The molecule has 0 aliphatic carbocycles. The number of rotatable bonds is 5. The number of carbonyl (C=O) groups is 1. The number of hydrogen-bond donors (Lipinski definition) is 1. The van der Waals surface area contributed by atoms with Crippen LogP contribution in [0.1, 0.15) is 26.8 Å². The van der Waals surface area contributed by atoms with Crippen molar-refractivity contribution in [2.75, 3.05) is 17.3 Å². The number of nitrogens with one attached hydrogen (secondary N) is 1. The van der Waals surface area contributed by atoms with Gasteiger partial charge in [-0.2, -0.15) is 5.10 Å². The Labute approximate surface area is 148 Å². The molecule has 0 bridgehead atoms. The summed E-state index contributed by atoms with van der Waals surface area (Å²) in [6.45, 7) is 5.97. The van der Waals surface area contributed by atoms with Crippen LogP contribution in [0.3, 0.4) is 0 Å². The van der Waals surface area contributed by atoms with Crippen LogP contribution in [-0.2, 0) is 4.79 Å². The molecule has 0 spiro atoms. The molecule has 1 aromatic heterocycles. The van der Waals surface area contributed by atoms with Crippen LogP contribution in [0.2, 0.25) is 0 Å². The number of fused-ring (bicyclic) bond motifs is 1. The maximum Gasteiger partial charge on any atom is 0.247 e. The van der Waals surface area contributed by atoms with Gasteiger partial charge in [0.25, 0.3) is 0 Å². The van der Waals surface area contributed by atoms with E-state index in [1.165, 1.54) is 5.39 Å².